The van der Waals surface area contributed by atoms with E-state index in [1.54, 1.807) is 26.0 Å². The quantitative estimate of drug-likeness (QED) is 0.389. The molecule has 0 N–H and O–H groups in total. The molecule has 0 radical (unpaired) electrons. The molecule has 1 aliphatic rings. The van der Waals surface area contributed by atoms with Crippen molar-refractivity contribution < 1.29 is 32.6 Å². The molecule has 1 aromatic heterocycles. The number of carbonyl (C=O) groups excluding carboxylic acids is 3. The lowest BCUT2D eigenvalue weighted by Crippen LogP contribution is -2.33. The SMILES string of the molecule is CCOC(=O)c1cn(CC)c2c(F)c(OCCN3C(=O)c4ccccc4C3=O)c(F)cc2c1=O. The summed E-state index contributed by atoms with van der Waals surface area (Å²) in [6.45, 7) is 2.83. The van der Waals surface area contributed by atoms with Gasteiger partial charge in [-0.3, -0.25) is 19.3 Å². The van der Waals surface area contributed by atoms with Crippen LogP contribution in [0.2, 0.25) is 0 Å². The average Bonchev–Trinajstić information content (AvgIpc) is 3.06. The predicted octanol–water partition coefficient (Wildman–Crippen LogP) is 3.15. The van der Waals surface area contributed by atoms with Gasteiger partial charge in [-0.15, -0.1) is 0 Å². The summed E-state index contributed by atoms with van der Waals surface area (Å²) in [5.74, 6) is -4.97. The van der Waals surface area contributed by atoms with Crippen molar-refractivity contribution in [2.75, 3.05) is 19.8 Å². The summed E-state index contributed by atoms with van der Waals surface area (Å²) in [5, 5.41) is -0.338. The first-order valence-corrected chi connectivity index (χ1v) is 10.6. The number of benzene rings is 2. The number of hydrogen-bond acceptors (Lipinski definition) is 6. The smallest absolute Gasteiger partial charge is 0.343 e. The number of hydrogen-bond donors (Lipinski definition) is 0. The van der Waals surface area contributed by atoms with Gasteiger partial charge >= 0.3 is 5.97 Å². The highest BCUT2D eigenvalue weighted by Crippen LogP contribution is 2.29. The highest BCUT2D eigenvalue weighted by molar-refractivity contribution is 6.21. The maximum absolute atomic E-state index is 15.3. The molecule has 34 heavy (non-hydrogen) atoms. The number of fused-ring (bicyclic) bond motifs is 2. The lowest BCUT2D eigenvalue weighted by atomic mass is 10.1. The molecular formula is C24H20F2N2O6. The summed E-state index contributed by atoms with van der Waals surface area (Å²) in [7, 11) is 0. The van der Waals surface area contributed by atoms with Crippen LogP contribution in [0, 0.1) is 11.6 Å². The zero-order valence-corrected chi connectivity index (χ0v) is 18.4. The van der Waals surface area contributed by atoms with Crippen LogP contribution >= 0.6 is 0 Å². The normalized spacial score (nSPS) is 12.9. The molecule has 0 spiro atoms. The van der Waals surface area contributed by atoms with E-state index >= 15 is 4.39 Å². The molecule has 10 heteroatoms. The summed E-state index contributed by atoms with van der Waals surface area (Å²) in [6.07, 6.45) is 1.16. The molecular weight excluding hydrogens is 450 g/mol. The number of ether oxygens (including phenoxy) is 2. The zero-order valence-electron chi connectivity index (χ0n) is 18.4. The minimum Gasteiger partial charge on any atom is -0.486 e. The van der Waals surface area contributed by atoms with Crippen molar-refractivity contribution in [3.63, 3.8) is 0 Å². The van der Waals surface area contributed by atoms with Gasteiger partial charge in [-0.05, 0) is 32.0 Å². The second-order valence-corrected chi connectivity index (χ2v) is 7.43. The molecule has 2 amide bonds. The number of pyridine rings is 1. The highest BCUT2D eigenvalue weighted by atomic mass is 19.1. The second kappa shape index (κ2) is 9.05. The van der Waals surface area contributed by atoms with Gasteiger partial charge in [0, 0.05) is 12.7 Å². The van der Waals surface area contributed by atoms with Crippen LogP contribution in [0.25, 0.3) is 10.9 Å². The Balaban J connectivity index is 1.64. The van der Waals surface area contributed by atoms with E-state index in [0.29, 0.717) is 0 Å². The molecule has 8 nitrogen and oxygen atoms in total. The standard InChI is InChI=1S/C24H20F2N2O6/c1-3-27-12-16(24(32)33-4-2)20(29)15-11-17(25)21(18(26)19(15)27)34-10-9-28-22(30)13-7-5-6-8-14(13)23(28)31/h5-8,11-12H,3-4,9-10H2,1-2H3. The minimum absolute atomic E-state index is 0.0328. The number of esters is 1. The lowest BCUT2D eigenvalue weighted by molar-refractivity contribution is 0.0522. The Hall–Kier alpha value is -4.08. The number of imide groups is 1. The van der Waals surface area contributed by atoms with Crippen molar-refractivity contribution in [3.8, 4) is 5.75 Å². The third-order valence-corrected chi connectivity index (χ3v) is 5.49. The highest BCUT2D eigenvalue weighted by Gasteiger charge is 2.35. The van der Waals surface area contributed by atoms with E-state index in [1.807, 2.05) is 0 Å². The Kier molecular flexibility index (Phi) is 6.14. The largest absolute Gasteiger partial charge is 0.486 e. The molecule has 0 saturated heterocycles. The van der Waals surface area contributed by atoms with Gasteiger partial charge < -0.3 is 14.0 Å². The van der Waals surface area contributed by atoms with Gasteiger partial charge in [-0.1, -0.05) is 12.1 Å². The van der Waals surface area contributed by atoms with Crippen LogP contribution in [0.3, 0.4) is 0 Å². The first kappa shape index (κ1) is 23.1. The van der Waals surface area contributed by atoms with Gasteiger partial charge in [-0.2, -0.15) is 0 Å². The van der Waals surface area contributed by atoms with Crippen molar-refractivity contribution >= 4 is 28.7 Å². The molecule has 2 aromatic carbocycles. The van der Waals surface area contributed by atoms with Gasteiger partial charge in [0.05, 0.1) is 35.2 Å². The van der Waals surface area contributed by atoms with Crippen LogP contribution in [0.15, 0.2) is 41.3 Å². The van der Waals surface area contributed by atoms with Gasteiger partial charge in [0.1, 0.15) is 12.2 Å². The van der Waals surface area contributed by atoms with Gasteiger partial charge in [0.15, 0.2) is 17.4 Å². The van der Waals surface area contributed by atoms with Crippen molar-refractivity contribution in [1.29, 1.82) is 0 Å². The van der Waals surface area contributed by atoms with E-state index in [2.05, 4.69) is 0 Å². The molecule has 0 atom stereocenters. The molecule has 176 valence electrons. The molecule has 0 aliphatic carbocycles. The van der Waals surface area contributed by atoms with Crippen LogP contribution in [-0.2, 0) is 11.3 Å². The summed E-state index contributed by atoms with van der Waals surface area (Å²) < 4.78 is 41.5. The van der Waals surface area contributed by atoms with E-state index in [9.17, 15) is 23.6 Å². The molecule has 0 unspecified atom stereocenters. The third-order valence-electron chi connectivity index (χ3n) is 5.49. The summed E-state index contributed by atoms with van der Waals surface area (Å²) >= 11 is 0. The van der Waals surface area contributed by atoms with Crippen molar-refractivity contribution in [3.05, 3.63) is 75.1 Å². The lowest BCUT2D eigenvalue weighted by Gasteiger charge is -2.17. The van der Waals surface area contributed by atoms with E-state index in [-0.39, 0.29) is 53.9 Å². The molecule has 2 heterocycles. The molecule has 0 saturated carbocycles. The van der Waals surface area contributed by atoms with E-state index in [4.69, 9.17) is 9.47 Å². The Labute approximate surface area is 192 Å². The second-order valence-electron chi connectivity index (χ2n) is 7.43. The number of aryl methyl sites for hydroxylation is 1. The number of carbonyl (C=O) groups is 3. The van der Waals surface area contributed by atoms with Gasteiger partial charge in [0.25, 0.3) is 11.8 Å². The number of amides is 2. The predicted molar refractivity (Wildman–Crippen MR) is 117 cm³/mol. The van der Waals surface area contributed by atoms with E-state index < -0.39 is 40.6 Å². The Morgan fingerprint density at radius 3 is 2.26 bits per heavy atom. The summed E-state index contributed by atoms with van der Waals surface area (Å²) in [6, 6.07) is 7.10. The van der Waals surface area contributed by atoms with Gasteiger partial charge in [0.2, 0.25) is 5.43 Å². The molecule has 4 rings (SSSR count). The number of nitrogens with zero attached hydrogens (tertiary/aromatic N) is 2. The molecule has 1 aliphatic heterocycles. The number of aromatic nitrogens is 1. The number of rotatable bonds is 7. The Bertz CT molecular complexity index is 1360. The monoisotopic (exact) mass is 470 g/mol. The maximum Gasteiger partial charge on any atom is 0.343 e. The van der Waals surface area contributed by atoms with Crippen LogP contribution in [-0.4, -0.2) is 47.0 Å². The Morgan fingerprint density at radius 1 is 1.03 bits per heavy atom. The minimum atomic E-state index is -1.16. The third kappa shape index (κ3) is 3.70. The van der Waals surface area contributed by atoms with Crippen LogP contribution in [0.1, 0.15) is 44.9 Å². The van der Waals surface area contributed by atoms with Crippen LogP contribution < -0.4 is 10.2 Å². The fraction of sp³-hybridized carbons (Fsp3) is 0.250. The summed E-state index contributed by atoms with van der Waals surface area (Å²) in [4.78, 5) is 50.7. The molecule has 0 fully saturated rings. The zero-order chi connectivity index (χ0) is 24.6. The summed E-state index contributed by atoms with van der Waals surface area (Å²) in [5.41, 5.74) is -0.944. The van der Waals surface area contributed by atoms with E-state index in [1.165, 1.54) is 16.7 Å². The molecule has 0 bridgehead atoms. The first-order valence-electron chi connectivity index (χ1n) is 10.6. The van der Waals surface area contributed by atoms with Crippen molar-refractivity contribution in [2.24, 2.45) is 0 Å². The van der Waals surface area contributed by atoms with Gasteiger partial charge in [-0.25, -0.2) is 13.6 Å². The molecule has 3 aromatic rings. The van der Waals surface area contributed by atoms with E-state index in [0.717, 1.165) is 17.2 Å². The van der Waals surface area contributed by atoms with Crippen molar-refractivity contribution in [1.82, 2.24) is 9.47 Å². The Morgan fingerprint density at radius 2 is 1.68 bits per heavy atom. The topological polar surface area (TPSA) is 94.9 Å². The number of halogens is 2. The first-order chi connectivity index (χ1) is 16.3. The fourth-order valence-corrected chi connectivity index (χ4v) is 3.89. The van der Waals surface area contributed by atoms with Crippen LogP contribution in [0.5, 0.6) is 5.75 Å². The van der Waals surface area contributed by atoms with Crippen molar-refractivity contribution in [2.45, 2.75) is 20.4 Å². The fourth-order valence-electron chi connectivity index (χ4n) is 3.89. The average molecular weight is 470 g/mol. The maximum atomic E-state index is 15.3. The van der Waals surface area contributed by atoms with Crippen LogP contribution in [0.4, 0.5) is 8.78 Å².